The van der Waals surface area contributed by atoms with E-state index in [2.05, 4.69) is 20.8 Å². The first-order valence-electron chi connectivity index (χ1n) is 8.10. The summed E-state index contributed by atoms with van der Waals surface area (Å²) in [6.07, 6.45) is 1.07. The summed E-state index contributed by atoms with van der Waals surface area (Å²) in [6, 6.07) is 3.74. The maximum atomic E-state index is 6.36. The van der Waals surface area contributed by atoms with Gasteiger partial charge in [0.2, 0.25) is 5.16 Å². The van der Waals surface area contributed by atoms with Crippen molar-refractivity contribution in [3.8, 4) is 11.5 Å². The number of hydrogen-bond acceptors (Lipinski definition) is 7. The predicted molar refractivity (Wildman–Crippen MR) is 99.6 cm³/mol. The highest BCUT2D eigenvalue weighted by molar-refractivity contribution is 7.99. The molecule has 2 rings (SSSR count). The first-order valence-corrected chi connectivity index (χ1v) is 9.46. The van der Waals surface area contributed by atoms with Crippen molar-refractivity contribution in [2.24, 2.45) is 7.05 Å². The van der Waals surface area contributed by atoms with Gasteiger partial charge in [-0.2, -0.15) is 0 Å². The van der Waals surface area contributed by atoms with Crippen LogP contribution in [0, 0.1) is 0 Å². The summed E-state index contributed by atoms with van der Waals surface area (Å²) in [6.45, 7) is 5.49. The van der Waals surface area contributed by atoms with Crippen LogP contribution in [0.25, 0.3) is 0 Å². The number of ether oxygens (including phenoxy) is 2. The highest BCUT2D eigenvalue weighted by atomic mass is 35.5. The lowest BCUT2D eigenvalue weighted by molar-refractivity contribution is 0.230. The van der Waals surface area contributed by atoms with Gasteiger partial charge in [-0.1, -0.05) is 23.4 Å². The fraction of sp³-hybridized carbons (Fsp3) is 0.562. The van der Waals surface area contributed by atoms with Crippen LogP contribution in [-0.4, -0.2) is 45.7 Å². The Kier molecular flexibility index (Phi) is 7.80. The van der Waals surface area contributed by atoms with Crippen molar-refractivity contribution < 1.29 is 9.47 Å². The van der Waals surface area contributed by atoms with Crippen LogP contribution in [0.2, 0.25) is 5.02 Å². The van der Waals surface area contributed by atoms with Gasteiger partial charge >= 0.3 is 0 Å². The van der Waals surface area contributed by atoms with Crippen molar-refractivity contribution in [3.05, 3.63) is 22.7 Å². The van der Waals surface area contributed by atoms with Crippen LogP contribution in [-0.2, 0) is 13.6 Å². The third kappa shape index (κ3) is 6.05. The molecule has 1 aromatic carbocycles. The normalized spacial score (nSPS) is 11.1. The van der Waals surface area contributed by atoms with E-state index < -0.39 is 0 Å². The van der Waals surface area contributed by atoms with Crippen LogP contribution in [0.15, 0.2) is 17.3 Å². The predicted octanol–water partition coefficient (Wildman–Crippen LogP) is 2.93. The quantitative estimate of drug-likeness (QED) is 0.497. The van der Waals surface area contributed by atoms with Crippen molar-refractivity contribution in [2.75, 3.05) is 19.4 Å². The third-order valence-electron chi connectivity index (χ3n) is 3.32. The number of aryl methyl sites for hydroxylation is 1. The standard InChI is InChI=1S/C16H24ClN5O2S/c1-11(2)24-15-9-13(17)12(8-14(15)23-4)10-18-6-5-7-25-16-19-20-21-22(16)3/h8-9,11,18H,5-7,10H2,1-4H3. The second-order valence-corrected chi connectivity index (χ2v) is 7.19. The van der Waals surface area contributed by atoms with Gasteiger partial charge < -0.3 is 14.8 Å². The summed E-state index contributed by atoms with van der Waals surface area (Å²) < 4.78 is 12.8. The summed E-state index contributed by atoms with van der Waals surface area (Å²) >= 11 is 8.00. The number of rotatable bonds is 10. The molecule has 0 saturated heterocycles. The number of benzene rings is 1. The van der Waals surface area contributed by atoms with Gasteiger partial charge in [-0.25, -0.2) is 4.68 Å². The Morgan fingerprint density at radius 2 is 2.12 bits per heavy atom. The Morgan fingerprint density at radius 3 is 2.76 bits per heavy atom. The fourth-order valence-corrected chi connectivity index (χ4v) is 3.15. The van der Waals surface area contributed by atoms with Crippen LogP contribution in [0.4, 0.5) is 0 Å². The van der Waals surface area contributed by atoms with E-state index in [0.29, 0.717) is 23.1 Å². The van der Waals surface area contributed by atoms with Crippen molar-refractivity contribution >= 4 is 23.4 Å². The van der Waals surface area contributed by atoms with E-state index >= 15 is 0 Å². The zero-order valence-electron chi connectivity index (χ0n) is 15.0. The van der Waals surface area contributed by atoms with Crippen LogP contribution in [0.5, 0.6) is 11.5 Å². The Bertz CT molecular complexity index is 681. The summed E-state index contributed by atoms with van der Waals surface area (Å²) in [5, 5.41) is 16.3. The topological polar surface area (TPSA) is 74.1 Å². The number of nitrogens with one attached hydrogen (secondary N) is 1. The lowest BCUT2D eigenvalue weighted by atomic mass is 10.2. The molecule has 0 aliphatic rings. The molecule has 0 radical (unpaired) electrons. The summed E-state index contributed by atoms with van der Waals surface area (Å²) in [4.78, 5) is 0. The zero-order valence-corrected chi connectivity index (χ0v) is 16.5. The van der Waals surface area contributed by atoms with E-state index in [4.69, 9.17) is 21.1 Å². The lowest BCUT2D eigenvalue weighted by Gasteiger charge is -2.16. The molecule has 0 saturated carbocycles. The van der Waals surface area contributed by atoms with Gasteiger partial charge in [-0.15, -0.1) is 5.10 Å². The van der Waals surface area contributed by atoms with E-state index in [0.717, 1.165) is 29.4 Å². The second-order valence-electron chi connectivity index (χ2n) is 5.72. The largest absolute Gasteiger partial charge is 0.493 e. The number of tetrazole rings is 1. The molecular weight excluding hydrogens is 362 g/mol. The summed E-state index contributed by atoms with van der Waals surface area (Å²) in [5.74, 6) is 2.31. The lowest BCUT2D eigenvalue weighted by Crippen LogP contribution is -2.16. The van der Waals surface area contributed by atoms with E-state index in [9.17, 15) is 0 Å². The zero-order chi connectivity index (χ0) is 18.2. The second kappa shape index (κ2) is 9.84. The molecule has 0 bridgehead atoms. The molecular formula is C16H24ClN5O2S. The average molecular weight is 386 g/mol. The average Bonchev–Trinajstić information content (AvgIpc) is 2.97. The van der Waals surface area contributed by atoms with Crippen LogP contribution in [0.1, 0.15) is 25.8 Å². The SMILES string of the molecule is COc1cc(CNCCCSc2nnnn2C)c(Cl)cc1OC(C)C. The first-order chi connectivity index (χ1) is 12.0. The summed E-state index contributed by atoms with van der Waals surface area (Å²) in [7, 11) is 3.47. The number of aromatic nitrogens is 4. The van der Waals surface area contributed by atoms with Crippen molar-refractivity contribution in [2.45, 2.75) is 38.1 Å². The molecule has 9 heteroatoms. The molecule has 2 aromatic rings. The number of thioether (sulfide) groups is 1. The third-order valence-corrected chi connectivity index (χ3v) is 4.77. The maximum Gasteiger partial charge on any atom is 0.209 e. The van der Waals surface area contributed by atoms with Crippen LogP contribution >= 0.6 is 23.4 Å². The fourth-order valence-electron chi connectivity index (χ4n) is 2.15. The Hall–Kier alpha value is -1.51. The molecule has 0 aliphatic carbocycles. The molecule has 1 heterocycles. The highest BCUT2D eigenvalue weighted by Crippen LogP contribution is 2.34. The van der Waals surface area contributed by atoms with E-state index in [1.807, 2.05) is 33.0 Å². The summed E-state index contributed by atoms with van der Waals surface area (Å²) in [5.41, 5.74) is 0.986. The van der Waals surface area contributed by atoms with Gasteiger partial charge in [0.15, 0.2) is 11.5 Å². The van der Waals surface area contributed by atoms with Crippen molar-refractivity contribution in [3.63, 3.8) is 0 Å². The molecule has 1 N–H and O–H groups in total. The van der Waals surface area contributed by atoms with Crippen LogP contribution in [0.3, 0.4) is 0 Å². The molecule has 0 aliphatic heterocycles. The molecule has 25 heavy (non-hydrogen) atoms. The maximum absolute atomic E-state index is 6.36. The van der Waals surface area contributed by atoms with Gasteiger partial charge in [-0.05, 0) is 48.9 Å². The molecule has 1 aromatic heterocycles. The van der Waals surface area contributed by atoms with Gasteiger partial charge in [0.05, 0.1) is 13.2 Å². The van der Waals surface area contributed by atoms with E-state index in [-0.39, 0.29) is 6.10 Å². The van der Waals surface area contributed by atoms with Gasteiger partial charge in [-0.3, -0.25) is 0 Å². The van der Waals surface area contributed by atoms with E-state index in [1.54, 1.807) is 23.6 Å². The van der Waals surface area contributed by atoms with Crippen LogP contribution < -0.4 is 14.8 Å². The van der Waals surface area contributed by atoms with Crippen molar-refractivity contribution in [1.29, 1.82) is 0 Å². The minimum atomic E-state index is 0.0653. The molecule has 0 atom stereocenters. The number of nitrogens with zero attached hydrogens (tertiary/aromatic N) is 4. The Balaban J connectivity index is 1.79. The first kappa shape index (κ1) is 19.8. The minimum absolute atomic E-state index is 0.0653. The number of methoxy groups -OCH3 is 1. The Labute approximate surface area is 157 Å². The van der Waals surface area contributed by atoms with Gasteiger partial charge in [0, 0.05) is 30.4 Å². The molecule has 138 valence electrons. The number of halogens is 1. The van der Waals surface area contributed by atoms with Gasteiger partial charge in [0.25, 0.3) is 0 Å². The molecule has 0 fully saturated rings. The van der Waals surface area contributed by atoms with E-state index in [1.165, 1.54) is 0 Å². The molecule has 0 unspecified atom stereocenters. The number of hydrogen-bond donors (Lipinski definition) is 1. The Morgan fingerprint density at radius 1 is 1.32 bits per heavy atom. The molecule has 0 spiro atoms. The smallest absolute Gasteiger partial charge is 0.209 e. The molecule has 7 nitrogen and oxygen atoms in total. The van der Waals surface area contributed by atoms with Crippen molar-refractivity contribution in [1.82, 2.24) is 25.5 Å². The highest BCUT2D eigenvalue weighted by Gasteiger charge is 2.11. The molecule has 0 amide bonds. The minimum Gasteiger partial charge on any atom is -0.493 e. The monoisotopic (exact) mass is 385 g/mol. The van der Waals surface area contributed by atoms with Gasteiger partial charge in [0.1, 0.15) is 0 Å².